The van der Waals surface area contributed by atoms with E-state index < -0.39 is 5.97 Å². The highest BCUT2D eigenvalue weighted by molar-refractivity contribution is 6.42. The number of carbonyl (C=O) groups is 1. The Labute approximate surface area is 154 Å². The number of ether oxygens (including phenoxy) is 2. The largest absolute Gasteiger partial charge is 0.493 e. The third kappa shape index (κ3) is 4.90. The number of halogens is 2. The maximum absolute atomic E-state index is 10.9. The van der Waals surface area contributed by atoms with Crippen LogP contribution in [-0.4, -0.2) is 18.2 Å². The third-order valence-electron chi connectivity index (χ3n) is 3.23. The van der Waals surface area contributed by atoms with E-state index in [1.54, 1.807) is 42.5 Å². The van der Waals surface area contributed by atoms with Crippen LogP contribution in [0.25, 0.3) is 6.08 Å². The van der Waals surface area contributed by atoms with Crippen LogP contribution >= 0.6 is 23.2 Å². The molecule has 0 saturated heterocycles. The lowest BCUT2D eigenvalue weighted by Gasteiger charge is -2.12. The van der Waals surface area contributed by atoms with E-state index in [9.17, 15) is 4.79 Å². The Morgan fingerprint density at radius 2 is 1.96 bits per heavy atom. The molecular weight excluding hydrogens is 365 g/mol. The van der Waals surface area contributed by atoms with Gasteiger partial charge in [-0.2, -0.15) is 5.26 Å². The van der Waals surface area contributed by atoms with E-state index in [-0.39, 0.29) is 12.2 Å². The number of hydrogen-bond acceptors (Lipinski definition) is 4. The van der Waals surface area contributed by atoms with Crippen LogP contribution < -0.4 is 9.47 Å². The highest BCUT2D eigenvalue weighted by Crippen LogP contribution is 2.30. The molecule has 0 atom stereocenters. The van der Waals surface area contributed by atoms with Crippen LogP contribution in [0.15, 0.2) is 42.0 Å². The lowest BCUT2D eigenvalue weighted by molar-refractivity contribution is -0.132. The normalized spacial score (nSPS) is 10.9. The van der Waals surface area contributed by atoms with Gasteiger partial charge in [0.1, 0.15) is 18.2 Å². The van der Waals surface area contributed by atoms with Crippen LogP contribution in [-0.2, 0) is 11.4 Å². The number of rotatable bonds is 6. The minimum Gasteiger partial charge on any atom is -0.493 e. The minimum absolute atomic E-state index is 0.251. The van der Waals surface area contributed by atoms with Crippen LogP contribution in [0, 0.1) is 11.3 Å². The quantitative estimate of drug-likeness (QED) is 0.588. The first-order valence-corrected chi connectivity index (χ1v) is 7.80. The molecule has 2 aromatic carbocycles. The zero-order valence-electron chi connectivity index (χ0n) is 13.1. The van der Waals surface area contributed by atoms with Crippen LogP contribution in [0.2, 0.25) is 10.0 Å². The van der Waals surface area contributed by atoms with Gasteiger partial charge in [0.05, 0.1) is 17.2 Å². The maximum atomic E-state index is 10.9. The molecule has 0 fully saturated rings. The molecule has 0 aromatic heterocycles. The summed E-state index contributed by atoms with van der Waals surface area (Å²) in [6.45, 7) is 0.251. The summed E-state index contributed by atoms with van der Waals surface area (Å²) in [5, 5.41) is 18.6. The highest BCUT2D eigenvalue weighted by atomic mass is 35.5. The summed E-state index contributed by atoms with van der Waals surface area (Å²) in [6, 6.07) is 11.7. The number of aliphatic carboxylic acids is 1. The van der Waals surface area contributed by atoms with E-state index in [4.69, 9.17) is 43.0 Å². The Bertz CT molecular complexity index is 872. The molecule has 2 rings (SSSR count). The number of hydrogen-bond donors (Lipinski definition) is 1. The number of benzene rings is 2. The van der Waals surface area contributed by atoms with E-state index in [0.29, 0.717) is 27.1 Å². The summed E-state index contributed by atoms with van der Waals surface area (Å²) in [5.74, 6) is -0.405. The van der Waals surface area contributed by atoms with Crippen molar-refractivity contribution in [1.82, 2.24) is 0 Å². The smallest absolute Gasteiger partial charge is 0.346 e. The summed E-state index contributed by atoms with van der Waals surface area (Å²) >= 11 is 11.8. The molecule has 2 aromatic rings. The van der Waals surface area contributed by atoms with Crippen molar-refractivity contribution in [3.63, 3.8) is 0 Å². The minimum atomic E-state index is -1.29. The van der Waals surface area contributed by atoms with E-state index >= 15 is 0 Å². The second kappa shape index (κ2) is 8.43. The third-order valence-corrected chi connectivity index (χ3v) is 3.97. The second-order valence-corrected chi connectivity index (χ2v) is 5.74. The fourth-order valence-corrected chi connectivity index (χ4v) is 2.31. The van der Waals surface area contributed by atoms with Crippen LogP contribution in [0.3, 0.4) is 0 Å². The molecule has 0 heterocycles. The monoisotopic (exact) mass is 377 g/mol. The van der Waals surface area contributed by atoms with Gasteiger partial charge in [-0.3, -0.25) is 0 Å². The number of nitriles is 1. The Hall–Kier alpha value is -2.68. The van der Waals surface area contributed by atoms with Gasteiger partial charge in [0.2, 0.25) is 0 Å². The van der Waals surface area contributed by atoms with Gasteiger partial charge in [0.25, 0.3) is 0 Å². The molecule has 0 radical (unpaired) electrons. The number of methoxy groups -OCH3 is 1. The SMILES string of the molecule is COc1cc(C=C(C#N)C(=O)O)ccc1OCc1ccc(Cl)c(Cl)c1. The molecule has 128 valence electrons. The summed E-state index contributed by atoms with van der Waals surface area (Å²) in [4.78, 5) is 10.9. The molecule has 0 aliphatic carbocycles. The zero-order valence-corrected chi connectivity index (χ0v) is 14.6. The Morgan fingerprint density at radius 1 is 1.20 bits per heavy atom. The molecule has 0 aliphatic rings. The Morgan fingerprint density at radius 3 is 2.56 bits per heavy atom. The van der Waals surface area contributed by atoms with Gasteiger partial charge in [-0.25, -0.2) is 4.79 Å². The van der Waals surface area contributed by atoms with Crippen LogP contribution in [0.5, 0.6) is 11.5 Å². The maximum Gasteiger partial charge on any atom is 0.346 e. The molecule has 0 unspecified atom stereocenters. The van der Waals surface area contributed by atoms with E-state index in [0.717, 1.165) is 5.56 Å². The molecule has 0 spiro atoms. The van der Waals surface area contributed by atoms with Crippen molar-refractivity contribution < 1.29 is 19.4 Å². The van der Waals surface area contributed by atoms with Crippen molar-refractivity contribution in [3.05, 3.63) is 63.1 Å². The van der Waals surface area contributed by atoms with Gasteiger partial charge in [0.15, 0.2) is 11.5 Å². The number of carboxylic acid groups (broad SMARTS) is 1. The first-order valence-electron chi connectivity index (χ1n) is 7.04. The summed E-state index contributed by atoms with van der Waals surface area (Å²) < 4.78 is 11.0. The number of carboxylic acids is 1. The molecule has 0 aliphatic heterocycles. The van der Waals surface area contributed by atoms with Gasteiger partial charge in [-0.05, 0) is 41.5 Å². The summed E-state index contributed by atoms with van der Waals surface area (Å²) in [5.41, 5.74) is 0.974. The lowest BCUT2D eigenvalue weighted by Crippen LogP contribution is -1.99. The first-order chi connectivity index (χ1) is 11.9. The van der Waals surface area contributed by atoms with Gasteiger partial charge < -0.3 is 14.6 Å². The van der Waals surface area contributed by atoms with Crippen molar-refractivity contribution in [3.8, 4) is 17.6 Å². The molecule has 7 heteroatoms. The predicted octanol–water partition coefficient (Wildman–Crippen LogP) is 4.57. The summed E-state index contributed by atoms with van der Waals surface area (Å²) in [6.07, 6.45) is 1.26. The standard InChI is InChI=1S/C18H13Cl2NO4/c1-24-17-8-11(6-13(9-21)18(22)23)3-5-16(17)25-10-12-2-4-14(19)15(20)7-12/h2-8H,10H2,1H3,(H,22,23). The first kappa shape index (κ1) is 18.7. The van der Waals surface area contributed by atoms with Gasteiger partial charge in [-0.15, -0.1) is 0 Å². The topological polar surface area (TPSA) is 79.5 Å². The molecule has 0 saturated carbocycles. The van der Waals surface area contributed by atoms with E-state index in [1.165, 1.54) is 13.2 Å². The highest BCUT2D eigenvalue weighted by Gasteiger charge is 2.09. The van der Waals surface area contributed by atoms with Crippen molar-refractivity contribution in [1.29, 1.82) is 5.26 Å². The fraction of sp³-hybridized carbons (Fsp3) is 0.111. The van der Waals surface area contributed by atoms with Crippen molar-refractivity contribution in [2.24, 2.45) is 0 Å². The Kier molecular flexibility index (Phi) is 6.29. The van der Waals surface area contributed by atoms with Crippen LogP contribution in [0.1, 0.15) is 11.1 Å². The van der Waals surface area contributed by atoms with Crippen molar-refractivity contribution in [2.45, 2.75) is 6.61 Å². The van der Waals surface area contributed by atoms with Crippen molar-refractivity contribution in [2.75, 3.05) is 7.11 Å². The average molecular weight is 378 g/mol. The van der Waals surface area contributed by atoms with Gasteiger partial charge in [-0.1, -0.05) is 35.3 Å². The van der Waals surface area contributed by atoms with Gasteiger partial charge in [0, 0.05) is 0 Å². The second-order valence-electron chi connectivity index (χ2n) is 4.92. The molecule has 0 amide bonds. The number of nitrogens with zero attached hydrogens (tertiary/aromatic N) is 1. The fourth-order valence-electron chi connectivity index (χ4n) is 1.99. The zero-order chi connectivity index (χ0) is 18.4. The van der Waals surface area contributed by atoms with Gasteiger partial charge >= 0.3 is 5.97 Å². The molecule has 25 heavy (non-hydrogen) atoms. The summed E-state index contributed by atoms with van der Waals surface area (Å²) in [7, 11) is 1.47. The molecular formula is C18H13Cl2NO4. The van der Waals surface area contributed by atoms with Crippen LogP contribution in [0.4, 0.5) is 0 Å². The predicted molar refractivity (Wildman–Crippen MR) is 95.0 cm³/mol. The molecule has 1 N–H and O–H groups in total. The molecule has 0 bridgehead atoms. The Balaban J connectivity index is 2.20. The van der Waals surface area contributed by atoms with E-state index in [1.807, 2.05) is 0 Å². The lowest BCUT2D eigenvalue weighted by atomic mass is 10.1. The average Bonchev–Trinajstić information content (AvgIpc) is 2.60. The molecule has 5 nitrogen and oxygen atoms in total. The van der Waals surface area contributed by atoms with Crippen molar-refractivity contribution >= 4 is 35.2 Å². The van der Waals surface area contributed by atoms with E-state index in [2.05, 4.69) is 0 Å².